The van der Waals surface area contributed by atoms with Crippen LogP contribution >= 0.6 is 11.6 Å². The third-order valence-electron chi connectivity index (χ3n) is 3.81. The molecule has 3 atom stereocenters. The van der Waals surface area contributed by atoms with Crippen molar-refractivity contribution in [2.45, 2.75) is 44.1 Å². The van der Waals surface area contributed by atoms with E-state index in [1.807, 2.05) is 0 Å². The lowest BCUT2D eigenvalue weighted by molar-refractivity contribution is 0.0759. The van der Waals surface area contributed by atoms with Crippen molar-refractivity contribution in [1.82, 2.24) is 9.80 Å². The van der Waals surface area contributed by atoms with Crippen molar-refractivity contribution >= 4 is 11.6 Å². The van der Waals surface area contributed by atoms with E-state index >= 15 is 0 Å². The maximum Gasteiger partial charge on any atom is 0.0478 e. The molecular weight excluding hydrogens is 196 g/mol. The molecule has 0 bridgehead atoms. The first kappa shape index (κ1) is 10.7. The zero-order chi connectivity index (χ0) is 10.1. The van der Waals surface area contributed by atoms with Gasteiger partial charge in [-0.2, -0.15) is 0 Å². The minimum atomic E-state index is 0.400. The Labute approximate surface area is 92.2 Å². The lowest BCUT2D eigenvalue weighted by Crippen LogP contribution is -2.52. The van der Waals surface area contributed by atoms with Gasteiger partial charge in [0.15, 0.2) is 0 Å². The number of fused-ring (bicyclic) bond motifs is 1. The molecule has 0 spiro atoms. The van der Waals surface area contributed by atoms with E-state index in [0.29, 0.717) is 5.38 Å². The van der Waals surface area contributed by atoms with Gasteiger partial charge in [-0.05, 0) is 19.8 Å². The van der Waals surface area contributed by atoms with E-state index in [4.69, 9.17) is 11.6 Å². The molecule has 0 amide bonds. The van der Waals surface area contributed by atoms with Crippen molar-refractivity contribution in [3.63, 3.8) is 0 Å². The van der Waals surface area contributed by atoms with E-state index < -0.39 is 0 Å². The highest BCUT2D eigenvalue weighted by atomic mass is 35.5. The Morgan fingerprint density at radius 3 is 2.86 bits per heavy atom. The van der Waals surface area contributed by atoms with Gasteiger partial charge in [0, 0.05) is 43.6 Å². The van der Waals surface area contributed by atoms with Crippen LogP contribution in [-0.4, -0.2) is 53.4 Å². The summed E-state index contributed by atoms with van der Waals surface area (Å²) in [5.74, 6) is 0. The largest absolute Gasteiger partial charge is 0.298 e. The maximum atomic E-state index is 6.19. The minimum absolute atomic E-state index is 0.400. The molecule has 0 aromatic rings. The van der Waals surface area contributed by atoms with Crippen LogP contribution in [0.4, 0.5) is 0 Å². The molecule has 2 fully saturated rings. The molecule has 0 radical (unpaired) electrons. The van der Waals surface area contributed by atoms with Crippen LogP contribution in [0.15, 0.2) is 0 Å². The normalized spacial score (nSPS) is 37.1. The molecule has 14 heavy (non-hydrogen) atoms. The number of alkyl halides is 1. The van der Waals surface area contributed by atoms with Crippen LogP contribution in [0.5, 0.6) is 0 Å². The molecule has 2 rings (SSSR count). The predicted octanol–water partition coefficient (Wildman–Crippen LogP) is 1.78. The zero-order valence-electron chi connectivity index (χ0n) is 9.25. The van der Waals surface area contributed by atoms with E-state index in [1.165, 1.54) is 32.5 Å². The van der Waals surface area contributed by atoms with E-state index in [1.54, 1.807) is 0 Å². The summed E-state index contributed by atoms with van der Waals surface area (Å²) in [7, 11) is 0. The van der Waals surface area contributed by atoms with Gasteiger partial charge in [0.2, 0.25) is 0 Å². The van der Waals surface area contributed by atoms with E-state index in [2.05, 4.69) is 23.6 Å². The summed E-state index contributed by atoms with van der Waals surface area (Å²) >= 11 is 6.19. The van der Waals surface area contributed by atoms with Crippen LogP contribution in [0.3, 0.4) is 0 Å². The van der Waals surface area contributed by atoms with Crippen molar-refractivity contribution in [3.05, 3.63) is 0 Å². The van der Waals surface area contributed by atoms with Crippen molar-refractivity contribution < 1.29 is 0 Å². The van der Waals surface area contributed by atoms with Crippen LogP contribution in [0.25, 0.3) is 0 Å². The van der Waals surface area contributed by atoms with Gasteiger partial charge in [-0.1, -0.05) is 6.92 Å². The fourth-order valence-corrected chi connectivity index (χ4v) is 3.05. The first-order valence-corrected chi connectivity index (χ1v) is 6.26. The van der Waals surface area contributed by atoms with Crippen molar-refractivity contribution in [2.24, 2.45) is 0 Å². The second-order valence-corrected chi connectivity index (χ2v) is 5.35. The van der Waals surface area contributed by atoms with Crippen LogP contribution < -0.4 is 0 Å². The highest BCUT2D eigenvalue weighted by Crippen LogP contribution is 2.26. The molecular formula is C11H21ClN2. The zero-order valence-corrected chi connectivity index (χ0v) is 10.0. The summed E-state index contributed by atoms with van der Waals surface area (Å²) in [6.07, 6.45) is 2.45. The van der Waals surface area contributed by atoms with Crippen molar-refractivity contribution in [2.75, 3.05) is 26.2 Å². The first-order chi connectivity index (χ1) is 6.70. The maximum absolute atomic E-state index is 6.19. The molecule has 0 aromatic heterocycles. The average molecular weight is 217 g/mol. The van der Waals surface area contributed by atoms with Crippen LogP contribution in [0.2, 0.25) is 0 Å². The second-order valence-electron chi connectivity index (χ2n) is 4.73. The molecule has 2 heterocycles. The van der Waals surface area contributed by atoms with Gasteiger partial charge < -0.3 is 0 Å². The highest BCUT2D eigenvalue weighted by molar-refractivity contribution is 6.21. The van der Waals surface area contributed by atoms with E-state index in [0.717, 1.165) is 18.6 Å². The molecule has 82 valence electrons. The first-order valence-electron chi connectivity index (χ1n) is 5.83. The summed E-state index contributed by atoms with van der Waals surface area (Å²) in [4.78, 5) is 5.19. The third kappa shape index (κ3) is 2.07. The van der Waals surface area contributed by atoms with Crippen molar-refractivity contribution in [3.8, 4) is 0 Å². The van der Waals surface area contributed by atoms with Gasteiger partial charge in [0.1, 0.15) is 0 Å². The Morgan fingerprint density at radius 2 is 2.14 bits per heavy atom. The van der Waals surface area contributed by atoms with Crippen LogP contribution in [0, 0.1) is 0 Å². The molecule has 2 nitrogen and oxygen atoms in total. The van der Waals surface area contributed by atoms with Crippen LogP contribution in [-0.2, 0) is 0 Å². The minimum Gasteiger partial charge on any atom is -0.298 e. The summed E-state index contributed by atoms with van der Waals surface area (Å²) in [6.45, 7) is 9.41. The molecule has 0 saturated carbocycles. The van der Waals surface area contributed by atoms with E-state index in [-0.39, 0.29) is 0 Å². The monoisotopic (exact) mass is 216 g/mol. The lowest BCUT2D eigenvalue weighted by atomic mass is 10.1. The van der Waals surface area contributed by atoms with Gasteiger partial charge in [-0.15, -0.1) is 11.6 Å². The van der Waals surface area contributed by atoms with Gasteiger partial charge >= 0.3 is 0 Å². The molecule has 0 aromatic carbocycles. The summed E-state index contributed by atoms with van der Waals surface area (Å²) in [5, 5.41) is 0.400. The number of hydrogen-bond acceptors (Lipinski definition) is 2. The number of rotatable bonds is 2. The van der Waals surface area contributed by atoms with Gasteiger partial charge in [0.05, 0.1) is 0 Å². The third-order valence-corrected chi connectivity index (χ3v) is 4.13. The average Bonchev–Trinajstić information content (AvgIpc) is 2.55. The summed E-state index contributed by atoms with van der Waals surface area (Å²) < 4.78 is 0. The quantitative estimate of drug-likeness (QED) is 0.650. The molecule has 0 aliphatic carbocycles. The second kappa shape index (κ2) is 4.38. The molecule has 3 heteroatoms. The number of piperazine rings is 1. The van der Waals surface area contributed by atoms with Crippen LogP contribution in [0.1, 0.15) is 26.7 Å². The van der Waals surface area contributed by atoms with E-state index in [9.17, 15) is 0 Å². The fraction of sp³-hybridized carbons (Fsp3) is 1.00. The molecule has 0 N–H and O–H groups in total. The highest BCUT2D eigenvalue weighted by Gasteiger charge is 2.35. The topological polar surface area (TPSA) is 6.48 Å². The predicted molar refractivity (Wildman–Crippen MR) is 60.9 cm³/mol. The Hall–Kier alpha value is 0.210. The van der Waals surface area contributed by atoms with Gasteiger partial charge in [-0.25, -0.2) is 0 Å². The molecule has 2 aliphatic heterocycles. The SMILES string of the molecule is CCC(C)N1CCN2CC(Cl)CC2C1. The van der Waals surface area contributed by atoms with Gasteiger partial charge in [-0.3, -0.25) is 9.80 Å². The molecule has 2 saturated heterocycles. The smallest absolute Gasteiger partial charge is 0.0478 e. The Bertz CT molecular complexity index is 198. The standard InChI is InChI=1S/C11H21ClN2/c1-3-9(2)13-4-5-14-7-10(12)6-11(14)8-13/h9-11H,3-8H2,1-2H3. The molecule has 2 aliphatic rings. The Balaban J connectivity index is 1.91. The number of nitrogens with zero attached hydrogens (tertiary/aromatic N) is 2. The summed E-state index contributed by atoms with van der Waals surface area (Å²) in [6, 6.07) is 1.48. The summed E-state index contributed by atoms with van der Waals surface area (Å²) in [5.41, 5.74) is 0. The molecule has 3 unspecified atom stereocenters. The van der Waals surface area contributed by atoms with Crippen molar-refractivity contribution in [1.29, 1.82) is 0 Å². The Morgan fingerprint density at radius 1 is 1.36 bits per heavy atom. The fourth-order valence-electron chi connectivity index (χ4n) is 2.66. The lowest BCUT2D eigenvalue weighted by Gasteiger charge is -2.40. The van der Waals surface area contributed by atoms with Gasteiger partial charge in [0.25, 0.3) is 0 Å². The number of hydrogen-bond donors (Lipinski definition) is 0. The number of halogens is 1. The Kier molecular flexibility index (Phi) is 3.35.